The van der Waals surface area contributed by atoms with Crippen LogP contribution >= 0.6 is 0 Å². The van der Waals surface area contributed by atoms with Gasteiger partial charge in [-0.15, -0.1) is 0 Å². The highest BCUT2D eigenvalue weighted by atomic mass is 16.5. The van der Waals surface area contributed by atoms with Crippen molar-refractivity contribution in [2.45, 2.75) is 45.4 Å². The van der Waals surface area contributed by atoms with Gasteiger partial charge in [-0.25, -0.2) is 0 Å². The number of nitrogens with two attached hydrogens (primary N) is 1. The number of hydrogen-bond donors (Lipinski definition) is 2. The van der Waals surface area contributed by atoms with Crippen molar-refractivity contribution >= 4 is 17.3 Å². The normalized spacial score (nSPS) is 10.2. The van der Waals surface area contributed by atoms with Gasteiger partial charge >= 0.3 is 0 Å². The zero-order chi connectivity index (χ0) is 15.7. The number of nitrogens with one attached hydrogen (secondary N) is 1. The summed E-state index contributed by atoms with van der Waals surface area (Å²) in [5.41, 5.74) is 6.94. The molecule has 0 spiro atoms. The van der Waals surface area contributed by atoms with E-state index < -0.39 is 0 Å². The second-order valence-corrected chi connectivity index (χ2v) is 5.01. The third kappa shape index (κ3) is 5.53. The molecule has 0 aliphatic heterocycles. The second kappa shape index (κ2) is 9.10. The van der Waals surface area contributed by atoms with Crippen molar-refractivity contribution in [3.8, 4) is 11.5 Å². The number of amides is 1. The lowest BCUT2D eigenvalue weighted by Gasteiger charge is -2.13. The van der Waals surface area contributed by atoms with E-state index in [2.05, 4.69) is 12.2 Å². The van der Waals surface area contributed by atoms with E-state index in [9.17, 15) is 4.79 Å². The van der Waals surface area contributed by atoms with Gasteiger partial charge in [0.05, 0.1) is 25.6 Å². The van der Waals surface area contributed by atoms with Crippen LogP contribution in [0.1, 0.15) is 45.4 Å². The summed E-state index contributed by atoms with van der Waals surface area (Å²) < 4.78 is 10.4. The molecule has 5 heteroatoms. The Hall–Kier alpha value is -1.91. The highest BCUT2D eigenvalue weighted by molar-refractivity contribution is 5.94. The Morgan fingerprint density at radius 1 is 1.10 bits per heavy atom. The van der Waals surface area contributed by atoms with E-state index in [1.807, 2.05) is 0 Å². The lowest BCUT2D eigenvalue weighted by molar-refractivity contribution is -0.116. The fraction of sp³-hybridized carbons (Fsp3) is 0.562. The maximum Gasteiger partial charge on any atom is 0.224 e. The molecule has 0 aromatic heterocycles. The molecule has 0 heterocycles. The molecule has 0 atom stereocenters. The topological polar surface area (TPSA) is 73.6 Å². The molecular formula is C16H26N2O3. The summed E-state index contributed by atoms with van der Waals surface area (Å²) in [6, 6.07) is 3.33. The van der Waals surface area contributed by atoms with Crippen molar-refractivity contribution in [3.05, 3.63) is 12.1 Å². The fourth-order valence-electron chi connectivity index (χ4n) is 2.10. The summed E-state index contributed by atoms with van der Waals surface area (Å²) in [7, 11) is 3.10. The zero-order valence-corrected chi connectivity index (χ0v) is 13.2. The van der Waals surface area contributed by atoms with Crippen molar-refractivity contribution < 1.29 is 14.3 Å². The lowest BCUT2D eigenvalue weighted by atomic mass is 10.1. The molecule has 0 saturated carbocycles. The summed E-state index contributed by atoms with van der Waals surface area (Å²) in [5.74, 6) is 1.07. The number of ether oxygens (including phenoxy) is 2. The Labute approximate surface area is 126 Å². The molecule has 0 saturated heterocycles. The van der Waals surface area contributed by atoms with Gasteiger partial charge in [0.25, 0.3) is 0 Å². The van der Waals surface area contributed by atoms with Gasteiger partial charge in [0.2, 0.25) is 5.91 Å². The highest BCUT2D eigenvalue weighted by Gasteiger charge is 2.11. The summed E-state index contributed by atoms with van der Waals surface area (Å²) in [5, 5.41) is 2.83. The molecule has 0 fully saturated rings. The summed E-state index contributed by atoms with van der Waals surface area (Å²) in [4.78, 5) is 11.9. The minimum Gasteiger partial charge on any atom is -0.493 e. The van der Waals surface area contributed by atoms with Crippen LogP contribution in [0.3, 0.4) is 0 Å². The van der Waals surface area contributed by atoms with Crippen molar-refractivity contribution in [2.75, 3.05) is 25.3 Å². The Bertz CT molecular complexity index is 461. The van der Waals surface area contributed by atoms with Gasteiger partial charge in [-0.05, 0) is 6.42 Å². The Morgan fingerprint density at radius 2 is 1.71 bits per heavy atom. The molecular weight excluding hydrogens is 268 g/mol. The first-order valence-corrected chi connectivity index (χ1v) is 7.43. The summed E-state index contributed by atoms with van der Waals surface area (Å²) >= 11 is 0. The van der Waals surface area contributed by atoms with Gasteiger partial charge in [-0.1, -0.05) is 32.6 Å². The molecule has 3 N–H and O–H groups in total. The first kappa shape index (κ1) is 17.1. The average Bonchev–Trinajstić information content (AvgIpc) is 2.48. The molecule has 21 heavy (non-hydrogen) atoms. The van der Waals surface area contributed by atoms with Gasteiger partial charge in [0.15, 0.2) is 11.5 Å². The van der Waals surface area contributed by atoms with Gasteiger partial charge in [0.1, 0.15) is 0 Å². The van der Waals surface area contributed by atoms with Gasteiger partial charge < -0.3 is 20.5 Å². The lowest BCUT2D eigenvalue weighted by Crippen LogP contribution is -2.12. The van der Waals surface area contributed by atoms with Crippen LogP contribution < -0.4 is 20.5 Å². The summed E-state index contributed by atoms with van der Waals surface area (Å²) in [6.07, 6.45) is 6.11. The average molecular weight is 294 g/mol. The van der Waals surface area contributed by atoms with E-state index in [0.717, 1.165) is 12.8 Å². The molecule has 0 unspecified atom stereocenters. The van der Waals surface area contributed by atoms with E-state index in [1.54, 1.807) is 26.4 Å². The van der Waals surface area contributed by atoms with Crippen LogP contribution in [0.4, 0.5) is 11.4 Å². The number of unbranched alkanes of at least 4 members (excludes halogenated alkanes) is 4. The standard InChI is InChI=1S/C16H26N2O3/c1-4-5-6-7-8-9-16(19)18-13-11-15(21-3)14(20-2)10-12(13)17/h10-11H,4-9,17H2,1-3H3,(H,18,19). The molecule has 1 amide bonds. The summed E-state index contributed by atoms with van der Waals surface area (Å²) in [6.45, 7) is 2.17. The van der Waals surface area contributed by atoms with E-state index in [1.165, 1.54) is 19.3 Å². The third-order valence-electron chi connectivity index (χ3n) is 3.34. The predicted octanol–water partition coefficient (Wildman–Crippen LogP) is 3.59. The van der Waals surface area contributed by atoms with Crippen molar-refractivity contribution in [2.24, 2.45) is 0 Å². The molecule has 5 nitrogen and oxygen atoms in total. The van der Waals surface area contributed by atoms with Crippen molar-refractivity contribution in [3.63, 3.8) is 0 Å². The maximum absolute atomic E-state index is 11.9. The zero-order valence-electron chi connectivity index (χ0n) is 13.2. The van der Waals surface area contributed by atoms with Crippen LogP contribution in [0.5, 0.6) is 11.5 Å². The minimum atomic E-state index is -0.0228. The smallest absolute Gasteiger partial charge is 0.224 e. The van der Waals surface area contributed by atoms with Gasteiger partial charge in [0, 0.05) is 18.6 Å². The van der Waals surface area contributed by atoms with Gasteiger partial charge in [-0.3, -0.25) is 4.79 Å². The number of anilines is 2. The molecule has 118 valence electrons. The molecule has 1 aromatic rings. The monoisotopic (exact) mass is 294 g/mol. The third-order valence-corrected chi connectivity index (χ3v) is 3.34. The molecule has 0 aliphatic carbocycles. The predicted molar refractivity (Wildman–Crippen MR) is 86.0 cm³/mol. The Morgan fingerprint density at radius 3 is 2.33 bits per heavy atom. The van der Waals surface area contributed by atoms with E-state index in [4.69, 9.17) is 15.2 Å². The first-order chi connectivity index (χ1) is 10.1. The highest BCUT2D eigenvalue weighted by Crippen LogP contribution is 2.34. The van der Waals surface area contributed by atoms with Gasteiger partial charge in [-0.2, -0.15) is 0 Å². The first-order valence-electron chi connectivity index (χ1n) is 7.43. The minimum absolute atomic E-state index is 0.0228. The van der Waals surface area contributed by atoms with E-state index >= 15 is 0 Å². The van der Waals surface area contributed by atoms with Crippen molar-refractivity contribution in [1.29, 1.82) is 0 Å². The van der Waals surface area contributed by atoms with Crippen molar-refractivity contribution in [1.82, 2.24) is 0 Å². The van der Waals surface area contributed by atoms with Crippen LogP contribution in [-0.2, 0) is 4.79 Å². The number of benzene rings is 1. The quantitative estimate of drug-likeness (QED) is 0.539. The largest absolute Gasteiger partial charge is 0.493 e. The second-order valence-electron chi connectivity index (χ2n) is 5.01. The number of hydrogen-bond acceptors (Lipinski definition) is 4. The molecule has 0 aliphatic rings. The van der Waals surface area contributed by atoms with Crippen LogP contribution in [0.2, 0.25) is 0 Å². The maximum atomic E-state index is 11.9. The molecule has 1 aromatic carbocycles. The SMILES string of the molecule is CCCCCCCC(=O)Nc1cc(OC)c(OC)cc1N. The van der Waals surface area contributed by atoms with Crippen LogP contribution in [-0.4, -0.2) is 20.1 Å². The van der Waals surface area contributed by atoms with Crippen LogP contribution in [0.25, 0.3) is 0 Å². The van der Waals surface area contributed by atoms with Crippen LogP contribution in [0, 0.1) is 0 Å². The molecule has 0 radical (unpaired) electrons. The molecule has 0 bridgehead atoms. The Kier molecular flexibility index (Phi) is 7.43. The van der Waals surface area contributed by atoms with E-state index in [0.29, 0.717) is 29.3 Å². The fourth-order valence-corrected chi connectivity index (χ4v) is 2.10. The number of carbonyl (C=O) groups excluding carboxylic acids is 1. The number of methoxy groups -OCH3 is 2. The number of rotatable bonds is 9. The Balaban J connectivity index is 2.55. The number of nitrogen functional groups attached to an aromatic ring is 1. The number of carbonyl (C=O) groups is 1. The van der Waals surface area contributed by atoms with E-state index in [-0.39, 0.29) is 5.91 Å². The van der Waals surface area contributed by atoms with Crippen LogP contribution in [0.15, 0.2) is 12.1 Å². The molecule has 1 rings (SSSR count).